The van der Waals surface area contributed by atoms with E-state index in [1.54, 1.807) is 18.3 Å². The van der Waals surface area contributed by atoms with E-state index in [9.17, 15) is 14.7 Å². The fourth-order valence-electron chi connectivity index (χ4n) is 2.20. The van der Waals surface area contributed by atoms with E-state index in [4.69, 9.17) is 20.8 Å². The molecule has 0 saturated heterocycles. The van der Waals surface area contributed by atoms with Crippen molar-refractivity contribution < 1.29 is 23.8 Å². The first-order valence-corrected chi connectivity index (χ1v) is 7.96. The summed E-state index contributed by atoms with van der Waals surface area (Å²) in [5.74, 6) is -0.622. The van der Waals surface area contributed by atoms with Crippen LogP contribution in [0.15, 0.2) is 34.9 Å². The summed E-state index contributed by atoms with van der Waals surface area (Å²) in [5.41, 5.74) is -0.650. The standard InChI is InChI=1S/C17H19ClN2O5/c1-17(10-24-2,16(22)23)20-14(21)7-8-15-19-9-13(25-15)11-3-5-12(18)6-4-11/h3-6,9H,7-8,10H2,1-2H3,(H,20,21)(H,22,23). The minimum absolute atomic E-state index is 0.0488. The summed E-state index contributed by atoms with van der Waals surface area (Å²) in [4.78, 5) is 27.4. The number of carbonyl (C=O) groups is 2. The second kappa shape index (κ2) is 8.13. The topological polar surface area (TPSA) is 102 Å². The van der Waals surface area contributed by atoms with Crippen molar-refractivity contribution in [3.05, 3.63) is 41.4 Å². The summed E-state index contributed by atoms with van der Waals surface area (Å²) in [6, 6.07) is 7.11. The predicted molar refractivity (Wildman–Crippen MR) is 91.3 cm³/mol. The Bertz CT molecular complexity index is 744. The van der Waals surface area contributed by atoms with Gasteiger partial charge in [-0.3, -0.25) is 4.79 Å². The summed E-state index contributed by atoms with van der Waals surface area (Å²) in [5, 5.41) is 12.3. The van der Waals surface area contributed by atoms with Crippen molar-refractivity contribution >= 4 is 23.5 Å². The van der Waals surface area contributed by atoms with Crippen LogP contribution in [0.5, 0.6) is 0 Å². The largest absolute Gasteiger partial charge is 0.479 e. The van der Waals surface area contributed by atoms with E-state index in [0.29, 0.717) is 16.7 Å². The third kappa shape index (κ3) is 5.04. The van der Waals surface area contributed by atoms with Gasteiger partial charge in [0, 0.05) is 30.5 Å². The predicted octanol–water partition coefficient (Wildman–Crippen LogP) is 2.53. The van der Waals surface area contributed by atoms with Crippen LogP contribution in [0.25, 0.3) is 11.3 Å². The number of hydrogen-bond donors (Lipinski definition) is 2. The number of methoxy groups -OCH3 is 1. The first-order valence-electron chi connectivity index (χ1n) is 7.58. The van der Waals surface area contributed by atoms with E-state index in [1.807, 2.05) is 12.1 Å². The molecule has 7 nitrogen and oxygen atoms in total. The van der Waals surface area contributed by atoms with Crippen LogP contribution in [0.2, 0.25) is 5.02 Å². The highest BCUT2D eigenvalue weighted by molar-refractivity contribution is 6.30. The molecule has 0 spiro atoms. The number of aromatic nitrogens is 1. The second-order valence-corrected chi connectivity index (χ2v) is 6.18. The molecule has 2 N–H and O–H groups in total. The number of amides is 1. The van der Waals surface area contributed by atoms with Crippen molar-refractivity contribution in [3.8, 4) is 11.3 Å². The molecule has 2 rings (SSSR count). The number of aliphatic carboxylic acids is 1. The van der Waals surface area contributed by atoms with Gasteiger partial charge in [0.1, 0.15) is 0 Å². The van der Waals surface area contributed by atoms with Crippen LogP contribution in [0.4, 0.5) is 0 Å². The Morgan fingerprint density at radius 2 is 2.04 bits per heavy atom. The smallest absolute Gasteiger partial charge is 0.331 e. The van der Waals surface area contributed by atoms with Gasteiger partial charge in [-0.25, -0.2) is 9.78 Å². The number of halogens is 1. The van der Waals surface area contributed by atoms with Gasteiger partial charge < -0.3 is 19.6 Å². The van der Waals surface area contributed by atoms with Gasteiger partial charge in [-0.15, -0.1) is 0 Å². The number of nitrogens with zero attached hydrogens (tertiary/aromatic N) is 1. The molecule has 1 heterocycles. The Hall–Kier alpha value is -2.38. The molecule has 0 aliphatic carbocycles. The van der Waals surface area contributed by atoms with Gasteiger partial charge in [0.15, 0.2) is 17.2 Å². The molecule has 1 atom stereocenters. The average Bonchev–Trinajstić information content (AvgIpc) is 3.02. The van der Waals surface area contributed by atoms with Crippen molar-refractivity contribution in [1.82, 2.24) is 10.3 Å². The molecule has 25 heavy (non-hydrogen) atoms. The van der Waals surface area contributed by atoms with Crippen LogP contribution in [0, 0.1) is 0 Å². The van der Waals surface area contributed by atoms with Gasteiger partial charge in [0.05, 0.1) is 12.8 Å². The highest BCUT2D eigenvalue weighted by Crippen LogP contribution is 2.22. The second-order valence-electron chi connectivity index (χ2n) is 5.74. The van der Waals surface area contributed by atoms with E-state index in [1.165, 1.54) is 14.0 Å². The van der Waals surface area contributed by atoms with Gasteiger partial charge in [0.25, 0.3) is 0 Å². The van der Waals surface area contributed by atoms with Gasteiger partial charge >= 0.3 is 5.97 Å². The summed E-state index contributed by atoms with van der Waals surface area (Å²) in [7, 11) is 1.37. The zero-order valence-electron chi connectivity index (χ0n) is 13.9. The van der Waals surface area contributed by atoms with E-state index in [-0.39, 0.29) is 19.4 Å². The average molecular weight is 367 g/mol. The summed E-state index contributed by atoms with van der Waals surface area (Å²) >= 11 is 5.84. The van der Waals surface area contributed by atoms with Crippen LogP contribution < -0.4 is 5.32 Å². The fraction of sp³-hybridized carbons (Fsp3) is 0.353. The fourth-order valence-corrected chi connectivity index (χ4v) is 2.33. The molecule has 0 bridgehead atoms. The number of rotatable bonds is 8. The Morgan fingerprint density at radius 1 is 1.36 bits per heavy atom. The molecule has 1 amide bonds. The van der Waals surface area contributed by atoms with E-state index < -0.39 is 17.4 Å². The number of carboxylic acids is 1. The Kier molecular flexibility index (Phi) is 6.17. The van der Waals surface area contributed by atoms with Gasteiger partial charge in [0.2, 0.25) is 5.91 Å². The summed E-state index contributed by atoms with van der Waals surface area (Å²) < 4.78 is 10.5. The van der Waals surface area contributed by atoms with Crippen LogP contribution >= 0.6 is 11.6 Å². The first-order chi connectivity index (χ1) is 11.8. The molecule has 0 aliphatic rings. The zero-order valence-corrected chi connectivity index (χ0v) is 14.7. The number of aryl methyl sites for hydroxylation is 1. The SMILES string of the molecule is COCC(C)(NC(=O)CCc1ncc(-c2ccc(Cl)cc2)o1)C(=O)O. The lowest BCUT2D eigenvalue weighted by atomic mass is 10.0. The van der Waals surface area contributed by atoms with Gasteiger partial charge in [-0.1, -0.05) is 11.6 Å². The maximum atomic E-state index is 12.0. The molecule has 0 aliphatic heterocycles. The molecule has 1 aromatic carbocycles. The van der Waals surface area contributed by atoms with Crippen molar-refractivity contribution in [2.24, 2.45) is 0 Å². The number of carbonyl (C=O) groups excluding carboxylic acids is 1. The first kappa shape index (κ1) is 19.0. The minimum Gasteiger partial charge on any atom is -0.479 e. The van der Waals surface area contributed by atoms with Crippen LogP contribution in [0.3, 0.4) is 0 Å². The third-order valence-corrected chi connectivity index (χ3v) is 3.82. The quantitative estimate of drug-likeness (QED) is 0.744. The lowest BCUT2D eigenvalue weighted by Crippen LogP contribution is -2.55. The molecule has 0 fully saturated rings. The molecule has 0 saturated carbocycles. The molecule has 8 heteroatoms. The maximum Gasteiger partial charge on any atom is 0.331 e. The van der Waals surface area contributed by atoms with Crippen LogP contribution in [0.1, 0.15) is 19.2 Å². The van der Waals surface area contributed by atoms with Gasteiger partial charge in [-0.05, 0) is 31.2 Å². The number of hydrogen-bond acceptors (Lipinski definition) is 5. The van der Waals surface area contributed by atoms with Gasteiger partial charge in [-0.2, -0.15) is 0 Å². The molecule has 0 radical (unpaired) electrons. The number of benzene rings is 1. The lowest BCUT2D eigenvalue weighted by Gasteiger charge is -2.25. The number of carboxylic acid groups (broad SMARTS) is 1. The third-order valence-electron chi connectivity index (χ3n) is 3.57. The zero-order chi connectivity index (χ0) is 18.4. The Labute approximate surface area is 150 Å². The van der Waals surface area contributed by atoms with E-state index >= 15 is 0 Å². The monoisotopic (exact) mass is 366 g/mol. The lowest BCUT2D eigenvalue weighted by molar-refractivity contribution is -0.149. The maximum absolute atomic E-state index is 12.0. The molecule has 2 aromatic rings. The molecule has 1 unspecified atom stereocenters. The highest BCUT2D eigenvalue weighted by atomic mass is 35.5. The molecular weight excluding hydrogens is 348 g/mol. The van der Waals surface area contributed by atoms with Crippen LogP contribution in [-0.2, 0) is 20.7 Å². The number of oxazole rings is 1. The Balaban J connectivity index is 1.94. The number of ether oxygens (including phenoxy) is 1. The summed E-state index contributed by atoms with van der Waals surface area (Å²) in [6.45, 7) is 1.26. The number of nitrogens with one attached hydrogen (secondary N) is 1. The Morgan fingerprint density at radius 3 is 2.64 bits per heavy atom. The molecule has 134 valence electrons. The molecule has 1 aromatic heterocycles. The van der Waals surface area contributed by atoms with Crippen LogP contribution in [-0.4, -0.2) is 41.2 Å². The van der Waals surface area contributed by atoms with E-state index in [0.717, 1.165) is 5.56 Å². The van der Waals surface area contributed by atoms with Crippen molar-refractivity contribution in [2.45, 2.75) is 25.3 Å². The normalized spacial score (nSPS) is 13.2. The van der Waals surface area contributed by atoms with Crippen molar-refractivity contribution in [1.29, 1.82) is 0 Å². The summed E-state index contributed by atoms with van der Waals surface area (Å²) in [6.07, 6.45) is 1.87. The highest BCUT2D eigenvalue weighted by Gasteiger charge is 2.34. The van der Waals surface area contributed by atoms with Crippen molar-refractivity contribution in [3.63, 3.8) is 0 Å². The van der Waals surface area contributed by atoms with E-state index in [2.05, 4.69) is 10.3 Å². The van der Waals surface area contributed by atoms with Crippen molar-refractivity contribution in [2.75, 3.05) is 13.7 Å². The molecular formula is C17H19ClN2O5. The minimum atomic E-state index is -1.48.